The van der Waals surface area contributed by atoms with Crippen LogP contribution in [0.5, 0.6) is 0 Å². The molecule has 0 radical (unpaired) electrons. The standard InChI is InChI=1S/C23H31ClN2O4S.ClH/c1-29-21-13-18-9-10-25(16-19(18)14-22(21)30-2)15-17-7-11-26(12-8-17)31(27,28)23-6-4-3-5-20(23)24;/h3-6,14,17-18H,7-13,15-16H2,1-2H3;1H. The van der Waals surface area contributed by atoms with Crippen molar-refractivity contribution in [1.82, 2.24) is 9.21 Å². The van der Waals surface area contributed by atoms with E-state index in [0.29, 0.717) is 24.9 Å². The van der Waals surface area contributed by atoms with Crippen molar-refractivity contribution in [3.63, 3.8) is 0 Å². The second kappa shape index (κ2) is 10.8. The fourth-order valence-electron chi connectivity index (χ4n) is 4.96. The van der Waals surface area contributed by atoms with E-state index < -0.39 is 10.0 Å². The summed E-state index contributed by atoms with van der Waals surface area (Å²) in [5, 5.41) is 0.286. The first-order valence-electron chi connectivity index (χ1n) is 10.9. The zero-order chi connectivity index (χ0) is 22.0. The second-order valence-electron chi connectivity index (χ2n) is 8.62. The van der Waals surface area contributed by atoms with Crippen molar-refractivity contribution in [2.45, 2.75) is 30.6 Å². The number of sulfonamides is 1. The van der Waals surface area contributed by atoms with Crippen LogP contribution in [0.1, 0.15) is 25.7 Å². The number of piperidine rings is 2. The van der Waals surface area contributed by atoms with E-state index in [1.807, 2.05) is 0 Å². The van der Waals surface area contributed by atoms with Crippen molar-refractivity contribution < 1.29 is 17.9 Å². The van der Waals surface area contributed by atoms with E-state index in [0.717, 1.165) is 56.8 Å². The molecule has 2 saturated heterocycles. The van der Waals surface area contributed by atoms with Crippen molar-refractivity contribution >= 4 is 34.0 Å². The lowest BCUT2D eigenvalue weighted by Gasteiger charge is -2.39. The molecule has 6 nitrogen and oxygen atoms in total. The van der Waals surface area contributed by atoms with Gasteiger partial charge in [0.05, 0.1) is 19.2 Å². The van der Waals surface area contributed by atoms with Gasteiger partial charge in [-0.05, 0) is 61.4 Å². The van der Waals surface area contributed by atoms with Gasteiger partial charge in [-0.15, -0.1) is 12.4 Å². The van der Waals surface area contributed by atoms with Gasteiger partial charge in [0.15, 0.2) is 5.76 Å². The average Bonchev–Trinajstić information content (AvgIpc) is 2.78. The molecule has 0 spiro atoms. The Hall–Kier alpha value is -1.25. The Morgan fingerprint density at radius 2 is 1.78 bits per heavy atom. The van der Waals surface area contributed by atoms with Gasteiger partial charge in [-0.25, -0.2) is 8.42 Å². The Balaban J connectivity index is 0.00000289. The number of halogens is 2. The lowest BCUT2D eigenvalue weighted by molar-refractivity contribution is 0.151. The summed E-state index contributed by atoms with van der Waals surface area (Å²) in [6.07, 6.45) is 5.93. The van der Waals surface area contributed by atoms with E-state index in [2.05, 4.69) is 11.0 Å². The molecule has 9 heteroatoms. The van der Waals surface area contributed by atoms with E-state index in [1.165, 1.54) is 5.57 Å². The third-order valence-electron chi connectivity index (χ3n) is 6.76. The monoisotopic (exact) mass is 502 g/mol. The summed E-state index contributed by atoms with van der Waals surface area (Å²) in [4.78, 5) is 2.72. The number of hydrogen-bond acceptors (Lipinski definition) is 5. The number of hydrogen-bond donors (Lipinski definition) is 0. The van der Waals surface area contributed by atoms with Crippen LogP contribution in [0.15, 0.2) is 52.3 Å². The third kappa shape index (κ3) is 5.28. The largest absolute Gasteiger partial charge is 0.497 e. The number of fused-ring (bicyclic) bond motifs is 1. The molecule has 2 heterocycles. The maximum atomic E-state index is 13.0. The molecule has 2 aliphatic heterocycles. The molecule has 1 aliphatic carbocycles. The first-order chi connectivity index (χ1) is 14.9. The van der Waals surface area contributed by atoms with Crippen molar-refractivity contribution in [1.29, 1.82) is 0 Å². The number of methoxy groups -OCH3 is 2. The summed E-state index contributed by atoms with van der Waals surface area (Å²) in [7, 11) is -0.134. The smallest absolute Gasteiger partial charge is 0.244 e. The van der Waals surface area contributed by atoms with Crippen LogP contribution in [0.3, 0.4) is 0 Å². The molecule has 1 aromatic rings. The maximum absolute atomic E-state index is 13.0. The molecule has 1 aromatic carbocycles. The summed E-state index contributed by atoms with van der Waals surface area (Å²) in [5.41, 5.74) is 1.42. The highest BCUT2D eigenvalue weighted by molar-refractivity contribution is 7.89. The van der Waals surface area contributed by atoms with Crippen LogP contribution in [0, 0.1) is 11.8 Å². The highest BCUT2D eigenvalue weighted by Crippen LogP contribution is 2.36. The first-order valence-corrected chi connectivity index (χ1v) is 12.7. The van der Waals surface area contributed by atoms with Gasteiger partial charge < -0.3 is 9.47 Å². The molecule has 0 N–H and O–H groups in total. The SMILES string of the molecule is COC1=C(OC)CC2CCN(CC3CCN(S(=O)(=O)c4ccccc4Cl)CC3)CC2=C1.Cl. The Morgan fingerprint density at radius 3 is 2.44 bits per heavy atom. The summed E-state index contributed by atoms with van der Waals surface area (Å²) >= 11 is 6.14. The second-order valence-corrected chi connectivity index (χ2v) is 10.9. The highest BCUT2D eigenvalue weighted by Gasteiger charge is 2.34. The Kier molecular flexibility index (Phi) is 8.55. The van der Waals surface area contributed by atoms with Crippen molar-refractivity contribution in [3.8, 4) is 0 Å². The summed E-state index contributed by atoms with van der Waals surface area (Å²) in [5.74, 6) is 2.82. The van der Waals surface area contributed by atoms with Crippen LogP contribution < -0.4 is 0 Å². The minimum atomic E-state index is -3.53. The first kappa shape index (κ1) is 25.4. The molecule has 0 bridgehead atoms. The Morgan fingerprint density at radius 1 is 1.06 bits per heavy atom. The zero-order valence-electron chi connectivity index (χ0n) is 18.6. The fourth-order valence-corrected chi connectivity index (χ4v) is 6.93. The number of allylic oxidation sites excluding steroid dienone is 2. The molecular formula is C23H32Cl2N2O4S. The topological polar surface area (TPSA) is 59.1 Å². The van der Waals surface area contributed by atoms with Crippen LogP contribution >= 0.6 is 24.0 Å². The van der Waals surface area contributed by atoms with Crippen molar-refractivity contribution in [3.05, 3.63) is 52.5 Å². The average molecular weight is 503 g/mol. The normalized spacial score (nSPS) is 23.2. The third-order valence-corrected chi connectivity index (χ3v) is 9.16. The molecule has 0 saturated carbocycles. The molecule has 3 aliphatic rings. The van der Waals surface area contributed by atoms with Gasteiger partial charge in [-0.2, -0.15) is 4.31 Å². The lowest BCUT2D eigenvalue weighted by atomic mass is 9.83. The van der Waals surface area contributed by atoms with Crippen LogP contribution in [-0.2, 0) is 19.5 Å². The molecule has 4 rings (SSSR count). The molecule has 178 valence electrons. The maximum Gasteiger partial charge on any atom is 0.244 e. The van der Waals surface area contributed by atoms with E-state index >= 15 is 0 Å². The molecule has 1 atom stereocenters. The fraction of sp³-hybridized carbons (Fsp3) is 0.565. The summed E-state index contributed by atoms with van der Waals surface area (Å²) < 4.78 is 38.5. The number of benzene rings is 1. The van der Waals surface area contributed by atoms with Crippen molar-refractivity contribution in [2.75, 3.05) is 46.9 Å². The predicted molar refractivity (Wildman–Crippen MR) is 128 cm³/mol. The molecular weight excluding hydrogens is 471 g/mol. The predicted octanol–water partition coefficient (Wildman–Crippen LogP) is 4.32. The number of likely N-dealkylation sites (tertiary alicyclic amines) is 1. The van der Waals surface area contributed by atoms with Crippen molar-refractivity contribution in [2.24, 2.45) is 11.8 Å². The van der Waals surface area contributed by atoms with E-state index in [4.69, 9.17) is 21.1 Å². The van der Waals surface area contributed by atoms with Gasteiger partial charge >= 0.3 is 0 Å². The number of rotatable bonds is 6. The number of nitrogens with zero attached hydrogens (tertiary/aromatic N) is 2. The molecule has 0 amide bonds. The molecule has 1 unspecified atom stereocenters. The van der Waals surface area contributed by atoms with E-state index in [-0.39, 0.29) is 22.3 Å². The Labute approximate surface area is 202 Å². The van der Waals surface area contributed by atoms with Gasteiger partial charge in [0.1, 0.15) is 10.7 Å². The zero-order valence-corrected chi connectivity index (χ0v) is 21.0. The van der Waals surface area contributed by atoms with Crippen LogP contribution in [0.2, 0.25) is 5.02 Å². The number of ether oxygens (including phenoxy) is 2. The van der Waals surface area contributed by atoms with Gasteiger partial charge in [-0.1, -0.05) is 23.7 Å². The van der Waals surface area contributed by atoms with E-state index in [1.54, 1.807) is 42.8 Å². The molecule has 32 heavy (non-hydrogen) atoms. The van der Waals surface area contributed by atoms with E-state index in [9.17, 15) is 8.42 Å². The van der Waals surface area contributed by atoms with Gasteiger partial charge in [0.2, 0.25) is 10.0 Å². The lowest BCUT2D eigenvalue weighted by Crippen LogP contribution is -2.44. The van der Waals surface area contributed by atoms with Gasteiger partial charge in [0, 0.05) is 32.6 Å². The quantitative estimate of drug-likeness (QED) is 0.579. The summed E-state index contributed by atoms with van der Waals surface area (Å²) in [6.45, 7) is 4.12. The van der Waals surface area contributed by atoms with Gasteiger partial charge in [0.25, 0.3) is 0 Å². The van der Waals surface area contributed by atoms with Gasteiger partial charge in [-0.3, -0.25) is 4.90 Å². The highest BCUT2D eigenvalue weighted by atomic mass is 35.5. The molecule has 0 aromatic heterocycles. The van der Waals surface area contributed by atoms with Crippen LogP contribution in [-0.4, -0.2) is 64.6 Å². The summed E-state index contributed by atoms with van der Waals surface area (Å²) in [6, 6.07) is 6.68. The van der Waals surface area contributed by atoms with Crippen LogP contribution in [0.25, 0.3) is 0 Å². The van der Waals surface area contributed by atoms with Crippen LogP contribution in [0.4, 0.5) is 0 Å². The minimum Gasteiger partial charge on any atom is -0.497 e. The minimum absolute atomic E-state index is 0. The molecule has 2 fully saturated rings. The Bertz CT molecular complexity index is 972.